The molecule has 0 radical (unpaired) electrons. The van der Waals surface area contributed by atoms with Gasteiger partial charge in [-0.2, -0.15) is 0 Å². The third-order valence-corrected chi connectivity index (χ3v) is 3.85. The highest BCUT2D eigenvalue weighted by atomic mass is 16.5. The minimum atomic E-state index is 0.0808. The molecule has 1 aromatic rings. The van der Waals surface area contributed by atoms with Gasteiger partial charge in [0.05, 0.1) is 6.10 Å². The number of rotatable bonds is 9. The summed E-state index contributed by atoms with van der Waals surface area (Å²) in [6, 6.07) is 4.06. The summed E-state index contributed by atoms with van der Waals surface area (Å²) in [5.74, 6) is 3.44. The van der Waals surface area contributed by atoms with Gasteiger partial charge in [-0.1, -0.05) is 6.92 Å². The number of amides is 1. The summed E-state index contributed by atoms with van der Waals surface area (Å²) in [5.41, 5.74) is 0. The molecule has 118 valence electrons. The first kappa shape index (κ1) is 16.1. The molecule has 1 amide bonds. The molecule has 1 N–H and O–H groups in total. The Hall–Kier alpha value is -1.29. The van der Waals surface area contributed by atoms with E-state index in [2.05, 4.69) is 18.3 Å². The SMILES string of the molecule is CC(C)OCCCNC(=O)CCc1ccc([C@H]2C[C@H]2C)o1. The molecule has 0 unspecified atom stereocenters. The van der Waals surface area contributed by atoms with Crippen molar-refractivity contribution in [3.63, 3.8) is 0 Å². The Morgan fingerprint density at radius 2 is 2.24 bits per heavy atom. The lowest BCUT2D eigenvalue weighted by Crippen LogP contribution is -2.25. The smallest absolute Gasteiger partial charge is 0.220 e. The van der Waals surface area contributed by atoms with Gasteiger partial charge in [0.2, 0.25) is 5.91 Å². The maximum atomic E-state index is 11.7. The van der Waals surface area contributed by atoms with Crippen molar-refractivity contribution in [3.05, 3.63) is 23.7 Å². The number of furan rings is 1. The number of carbonyl (C=O) groups excluding carboxylic acids is 1. The van der Waals surface area contributed by atoms with Gasteiger partial charge in [-0.05, 0) is 44.7 Å². The average molecular weight is 293 g/mol. The third-order valence-electron chi connectivity index (χ3n) is 3.85. The standard InChI is InChI=1S/C17H27NO3/c1-12(2)20-10-4-9-18-17(19)8-6-14-5-7-16(21-14)15-11-13(15)3/h5,7,12-13,15H,4,6,8-11H2,1-3H3,(H,18,19)/t13-,15+/m1/s1. The van der Waals surface area contributed by atoms with Crippen LogP contribution in [0.5, 0.6) is 0 Å². The molecule has 1 fully saturated rings. The van der Waals surface area contributed by atoms with E-state index in [0.717, 1.165) is 23.9 Å². The summed E-state index contributed by atoms with van der Waals surface area (Å²) >= 11 is 0. The molecule has 0 saturated heterocycles. The van der Waals surface area contributed by atoms with Gasteiger partial charge < -0.3 is 14.5 Å². The van der Waals surface area contributed by atoms with E-state index in [1.807, 2.05) is 19.9 Å². The van der Waals surface area contributed by atoms with E-state index < -0.39 is 0 Å². The number of hydrogen-bond acceptors (Lipinski definition) is 3. The Bertz CT molecular complexity index is 453. The second-order valence-electron chi connectivity index (χ2n) is 6.25. The Kier molecular flexibility index (Phi) is 5.85. The molecular formula is C17H27NO3. The minimum absolute atomic E-state index is 0.0808. The number of aryl methyl sites for hydroxylation is 1. The molecule has 2 rings (SSSR count). The van der Waals surface area contributed by atoms with Gasteiger partial charge in [-0.25, -0.2) is 0 Å². The second kappa shape index (κ2) is 7.64. The predicted molar refractivity (Wildman–Crippen MR) is 82.3 cm³/mol. The van der Waals surface area contributed by atoms with Crippen molar-refractivity contribution in [1.29, 1.82) is 0 Å². The van der Waals surface area contributed by atoms with Crippen LogP contribution in [0.3, 0.4) is 0 Å². The molecule has 0 aliphatic heterocycles. The Balaban J connectivity index is 1.57. The van der Waals surface area contributed by atoms with E-state index in [1.165, 1.54) is 6.42 Å². The number of carbonyl (C=O) groups is 1. The van der Waals surface area contributed by atoms with E-state index >= 15 is 0 Å². The first-order valence-corrected chi connectivity index (χ1v) is 8.03. The topological polar surface area (TPSA) is 51.5 Å². The molecule has 0 bridgehead atoms. The molecule has 4 heteroatoms. The molecule has 0 aromatic carbocycles. The molecular weight excluding hydrogens is 266 g/mol. The van der Waals surface area contributed by atoms with Crippen LogP contribution in [0.15, 0.2) is 16.5 Å². The molecule has 0 spiro atoms. The zero-order valence-corrected chi connectivity index (χ0v) is 13.4. The van der Waals surface area contributed by atoms with E-state index in [4.69, 9.17) is 9.15 Å². The highest BCUT2D eigenvalue weighted by Gasteiger charge is 2.36. The van der Waals surface area contributed by atoms with E-state index in [-0.39, 0.29) is 12.0 Å². The van der Waals surface area contributed by atoms with Crippen molar-refractivity contribution in [1.82, 2.24) is 5.32 Å². The number of hydrogen-bond donors (Lipinski definition) is 1. The summed E-state index contributed by atoms with van der Waals surface area (Å²) < 4.78 is 11.2. The maximum Gasteiger partial charge on any atom is 0.220 e. The van der Waals surface area contributed by atoms with Gasteiger partial charge in [0, 0.05) is 31.9 Å². The van der Waals surface area contributed by atoms with Crippen LogP contribution in [0.4, 0.5) is 0 Å². The average Bonchev–Trinajstić information content (AvgIpc) is 2.99. The molecule has 1 aromatic heterocycles. The van der Waals surface area contributed by atoms with Gasteiger partial charge in [-0.15, -0.1) is 0 Å². The molecule has 1 saturated carbocycles. The first-order valence-electron chi connectivity index (χ1n) is 8.03. The van der Waals surface area contributed by atoms with Crippen LogP contribution in [0.25, 0.3) is 0 Å². The normalized spacial score (nSPS) is 20.8. The fraction of sp³-hybridized carbons (Fsp3) is 0.706. The summed E-state index contributed by atoms with van der Waals surface area (Å²) in [6.07, 6.45) is 3.50. The number of ether oxygens (including phenoxy) is 1. The highest BCUT2D eigenvalue weighted by Crippen LogP contribution is 2.47. The zero-order valence-electron chi connectivity index (χ0n) is 13.4. The minimum Gasteiger partial charge on any atom is -0.466 e. The van der Waals surface area contributed by atoms with Gasteiger partial charge in [0.15, 0.2) is 0 Å². The third kappa shape index (κ3) is 5.54. The van der Waals surface area contributed by atoms with Gasteiger partial charge >= 0.3 is 0 Å². The second-order valence-corrected chi connectivity index (χ2v) is 6.25. The first-order chi connectivity index (χ1) is 10.1. The number of nitrogens with one attached hydrogen (secondary N) is 1. The molecule has 2 atom stereocenters. The summed E-state index contributed by atoms with van der Waals surface area (Å²) in [5, 5.41) is 2.92. The maximum absolute atomic E-state index is 11.7. The van der Waals surface area contributed by atoms with Gasteiger partial charge in [-0.3, -0.25) is 4.79 Å². The monoisotopic (exact) mass is 293 g/mol. The molecule has 1 heterocycles. The van der Waals surface area contributed by atoms with Crippen LogP contribution in [-0.4, -0.2) is 25.2 Å². The Labute approximate surface area is 127 Å². The summed E-state index contributed by atoms with van der Waals surface area (Å²) in [4.78, 5) is 11.7. The van der Waals surface area contributed by atoms with Crippen molar-refractivity contribution in [2.75, 3.05) is 13.2 Å². The largest absolute Gasteiger partial charge is 0.466 e. The van der Waals surface area contributed by atoms with Crippen LogP contribution in [0.1, 0.15) is 57.5 Å². The fourth-order valence-electron chi connectivity index (χ4n) is 2.39. The van der Waals surface area contributed by atoms with E-state index in [0.29, 0.717) is 31.9 Å². The lowest BCUT2D eigenvalue weighted by Gasteiger charge is -2.08. The lowest BCUT2D eigenvalue weighted by atomic mass is 10.2. The van der Waals surface area contributed by atoms with Crippen molar-refractivity contribution in [2.45, 2.75) is 58.5 Å². The Morgan fingerprint density at radius 1 is 1.48 bits per heavy atom. The Morgan fingerprint density at radius 3 is 2.90 bits per heavy atom. The summed E-state index contributed by atoms with van der Waals surface area (Å²) in [6.45, 7) is 7.63. The van der Waals surface area contributed by atoms with Gasteiger partial charge in [0.1, 0.15) is 11.5 Å². The van der Waals surface area contributed by atoms with Crippen molar-refractivity contribution < 1.29 is 13.9 Å². The van der Waals surface area contributed by atoms with Crippen molar-refractivity contribution in [3.8, 4) is 0 Å². The summed E-state index contributed by atoms with van der Waals surface area (Å²) in [7, 11) is 0. The van der Waals surface area contributed by atoms with Crippen LogP contribution in [0.2, 0.25) is 0 Å². The zero-order chi connectivity index (χ0) is 15.2. The highest BCUT2D eigenvalue weighted by molar-refractivity contribution is 5.76. The molecule has 21 heavy (non-hydrogen) atoms. The van der Waals surface area contributed by atoms with Crippen LogP contribution in [0, 0.1) is 5.92 Å². The van der Waals surface area contributed by atoms with Crippen LogP contribution >= 0.6 is 0 Å². The van der Waals surface area contributed by atoms with Gasteiger partial charge in [0.25, 0.3) is 0 Å². The van der Waals surface area contributed by atoms with E-state index in [9.17, 15) is 4.79 Å². The quantitative estimate of drug-likeness (QED) is 0.711. The lowest BCUT2D eigenvalue weighted by molar-refractivity contribution is -0.121. The van der Waals surface area contributed by atoms with Crippen molar-refractivity contribution in [2.24, 2.45) is 5.92 Å². The van der Waals surface area contributed by atoms with E-state index in [1.54, 1.807) is 0 Å². The molecule has 4 nitrogen and oxygen atoms in total. The van der Waals surface area contributed by atoms with Crippen LogP contribution in [-0.2, 0) is 16.0 Å². The fourth-order valence-corrected chi connectivity index (χ4v) is 2.39. The molecule has 1 aliphatic carbocycles. The predicted octanol–water partition coefficient (Wildman–Crippen LogP) is 3.27. The van der Waals surface area contributed by atoms with Crippen LogP contribution < -0.4 is 5.32 Å². The van der Waals surface area contributed by atoms with Crippen molar-refractivity contribution >= 4 is 5.91 Å². The molecule has 1 aliphatic rings.